The highest BCUT2D eigenvalue weighted by atomic mass is 35.5. The second-order valence-corrected chi connectivity index (χ2v) is 6.64. The molecule has 2 atom stereocenters. The molecule has 0 bridgehead atoms. The summed E-state index contributed by atoms with van der Waals surface area (Å²) < 4.78 is 1.97. The summed E-state index contributed by atoms with van der Waals surface area (Å²) in [5.74, 6) is -0.196. The Hall–Kier alpha value is -2.19. The number of piperidine rings is 1. The Labute approximate surface area is 175 Å². The van der Waals surface area contributed by atoms with Gasteiger partial charge in [-0.2, -0.15) is 0 Å². The van der Waals surface area contributed by atoms with Gasteiger partial charge in [0.15, 0.2) is 5.65 Å². The van der Waals surface area contributed by atoms with Gasteiger partial charge < -0.3 is 20.3 Å². The van der Waals surface area contributed by atoms with E-state index >= 15 is 0 Å². The molecule has 3 aromatic rings. The van der Waals surface area contributed by atoms with Crippen LogP contribution in [0.15, 0.2) is 48.9 Å². The summed E-state index contributed by atoms with van der Waals surface area (Å²) in [5.41, 5.74) is 3.08. The Kier molecular flexibility index (Phi) is 7.77. The van der Waals surface area contributed by atoms with Crippen molar-refractivity contribution >= 4 is 41.9 Å². The zero-order valence-corrected chi connectivity index (χ0v) is 16.7. The van der Waals surface area contributed by atoms with Crippen molar-refractivity contribution in [2.24, 2.45) is 0 Å². The Morgan fingerprint density at radius 3 is 2.75 bits per heavy atom. The number of amides is 1. The van der Waals surface area contributed by atoms with Crippen molar-refractivity contribution in [2.45, 2.75) is 25.1 Å². The average molecular weight is 424 g/mol. The molecule has 0 unspecified atom stereocenters. The van der Waals surface area contributed by atoms with E-state index in [-0.39, 0.29) is 36.8 Å². The highest BCUT2D eigenvalue weighted by molar-refractivity contribution is 5.96. The van der Waals surface area contributed by atoms with Crippen LogP contribution in [0.2, 0.25) is 0 Å². The number of carbonyl (C=O) groups is 1. The van der Waals surface area contributed by atoms with Gasteiger partial charge in [-0.05, 0) is 18.1 Å². The molecule has 1 saturated heterocycles. The van der Waals surface area contributed by atoms with Crippen LogP contribution in [0.3, 0.4) is 0 Å². The van der Waals surface area contributed by atoms with Crippen LogP contribution in [0.4, 0.5) is 0 Å². The van der Waals surface area contributed by atoms with Crippen LogP contribution in [0, 0.1) is 0 Å². The number of nitrogens with zero attached hydrogens (tertiary/aromatic N) is 3. The molecular weight excluding hydrogens is 401 g/mol. The van der Waals surface area contributed by atoms with Crippen molar-refractivity contribution in [1.29, 1.82) is 0 Å². The van der Waals surface area contributed by atoms with E-state index in [1.807, 2.05) is 22.8 Å². The maximum Gasteiger partial charge on any atom is 0.253 e. The number of pyridine rings is 1. The van der Waals surface area contributed by atoms with Gasteiger partial charge in [0, 0.05) is 25.3 Å². The molecule has 0 spiro atoms. The first-order chi connectivity index (χ1) is 12.7. The normalized spacial score (nSPS) is 18.8. The third-order valence-electron chi connectivity index (χ3n) is 4.58. The number of nitrogens with one attached hydrogen (secondary N) is 2. The lowest BCUT2D eigenvalue weighted by molar-refractivity contribution is 0.0876. The first-order valence-electron chi connectivity index (χ1n) is 8.73. The van der Waals surface area contributed by atoms with Crippen molar-refractivity contribution in [2.75, 3.05) is 13.1 Å². The van der Waals surface area contributed by atoms with Gasteiger partial charge in [-0.15, -0.1) is 24.8 Å². The molecule has 2 aromatic heterocycles. The SMILES string of the molecule is Cl.Cl.O=C(N[C@@H]1CNC[C@H](O)C1)c1cnc2c(c1)ncn2Cc1ccccc1. The number of aromatic nitrogens is 3. The summed E-state index contributed by atoms with van der Waals surface area (Å²) in [4.78, 5) is 21.3. The van der Waals surface area contributed by atoms with E-state index in [2.05, 4.69) is 32.7 Å². The first-order valence-corrected chi connectivity index (χ1v) is 8.73. The van der Waals surface area contributed by atoms with E-state index in [1.54, 1.807) is 18.6 Å². The number of hydrogen-bond donors (Lipinski definition) is 3. The van der Waals surface area contributed by atoms with E-state index in [4.69, 9.17) is 0 Å². The highest BCUT2D eigenvalue weighted by Gasteiger charge is 2.22. The average Bonchev–Trinajstić information content (AvgIpc) is 3.05. The summed E-state index contributed by atoms with van der Waals surface area (Å²) in [6, 6.07) is 11.8. The van der Waals surface area contributed by atoms with Crippen LogP contribution in [0.5, 0.6) is 0 Å². The molecule has 1 aliphatic rings. The smallest absolute Gasteiger partial charge is 0.253 e. The van der Waals surface area contributed by atoms with Crippen molar-refractivity contribution in [3.05, 3.63) is 60.0 Å². The number of aliphatic hydroxyl groups excluding tert-OH is 1. The van der Waals surface area contributed by atoms with Crippen LogP contribution in [0.25, 0.3) is 11.2 Å². The van der Waals surface area contributed by atoms with Crippen LogP contribution in [-0.2, 0) is 6.54 Å². The van der Waals surface area contributed by atoms with Crippen LogP contribution < -0.4 is 10.6 Å². The van der Waals surface area contributed by atoms with Crippen LogP contribution in [-0.4, -0.2) is 50.8 Å². The van der Waals surface area contributed by atoms with E-state index in [0.29, 0.717) is 37.1 Å². The van der Waals surface area contributed by atoms with Gasteiger partial charge in [-0.25, -0.2) is 9.97 Å². The van der Waals surface area contributed by atoms with Crippen molar-refractivity contribution < 1.29 is 9.90 Å². The maximum atomic E-state index is 12.5. The zero-order chi connectivity index (χ0) is 17.9. The van der Waals surface area contributed by atoms with E-state index in [1.165, 1.54) is 5.56 Å². The summed E-state index contributed by atoms with van der Waals surface area (Å²) in [7, 11) is 0. The molecule has 1 amide bonds. The molecule has 1 aromatic carbocycles. The third kappa shape index (κ3) is 4.99. The topological polar surface area (TPSA) is 92.1 Å². The molecule has 4 rings (SSSR count). The van der Waals surface area contributed by atoms with Gasteiger partial charge in [0.2, 0.25) is 0 Å². The van der Waals surface area contributed by atoms with E-state index in [0.717, 1.165) is 5.65 Å². The minimum absolute atomic E-state index is 0. The quantitative estimate of drug-likeness (QED) is 0.594. The number of benzene rings is 1. The Bertz CT molecular complexity index is 919. The maximum absolute atomic E-state index is 12.5. The molecule has 3 N–H and O–H groups in total. The van der Waals surface area contributed by atoms with Gasteiger partial charge in [0.05, 0.1) is 24.5 Å². The molecule has 1 aliphatic heterocycles. The summed E-state index contributed by atoms with van der Waals surface area (Å²) in [6.07, 6.45) is 3.45. The lowest BCUT2D eigenvalue weighted by Gasteiger charge is -2.27. The first kappa shape index (κ1) is 22.1. The number of β-amino-alcohol motifs (C(OH)–C–C–N with tert-alkyl or cyclic N) is 1. The van der Waals surface area contributed by atoms with Crippen molar-refractivity contribution in [3.63, 3.8) is 0 Å². The van der Waals surface area contributed by atoms with Crippen molar-refractivity contribution in [3.8, 4) is 0 Å². The number of rotatable bonds is 4. The molecule has 0 aliphatic carbocycles. The minimum atomic E-state index is -0.427. The largest absolute Gasteiger partial charge is 0.392 e. The molecular formula is C19H23Cl2N5O2. The van der Waals surface area contributed by atoms with Gasteiger partial charge in [-0.1, -0.05) is 30.3 Å². The van der Waals surface area contributed by atoms with Crippen LogP contribution in [0.1, 0.15) is 22.3 Å². The van der Waals surface area contributed by atoms with Gasteiger partial charge >= 0.3 is 0 Å². The summed E-state index contributed by atoms with van der Waals surface area (Å²) in [6.45, 7) is 1.91. The predicted molar refractivity (Wildman–Crippen MR) is 112 cm³/mol. The third-order valence-corrected chi connectivity index (χ3v) is 4.58. The van der Waals surface area contributed by atoms with Gasteiger partial charge in [0.1, 0.15) is 5.52 Å². The predicted octanol–water partition coefficient (Wildman–Crippen LogP) is 1.78. The molecule has 150 valence electrons. The number of halogens is 2. The lowest BCUT2D eigenvalue weighted by Crippen LogP contribution is -2.50. The zero-order valence-electron chi connectivity index (χ0n) is 15.1. The fraction of sp³-hybridized carbons (Fsp3) is 0.316. The van der Waals surface area contributed by atoms with Crippen molar-refractivity contribution in [1.82, 2.24) is 25.2 Å². The molecule has 7 nitrogen and oxygen atoms in total. The number of hydrogen-bond acceptors (Lipinski definition) is 5. The highest BCUT2D eigenvalue weighted by Crippen LogP contribution is 2.14. The van der Waals surface area contributed by atoms with Gasteiger partial charge in [-0.3, -0.25) is 4.79 Å². The standard InChI is InChI=1S/C19H21N5O2.2ClH/c25-16-7-15(9-20-10-16)23-19(26)14-6-17-18(21-8-14)24(12-22-17)11-13-4-2-1-3-5-13;;/h1-6,8,12,15-16,20,25H,7,9-11H2,(H,23,26);2*1H/t15-,16+;;/m0../s1. The molecule has 3 heterocycles. The number of carbonyl (C=O) groups excluding carboxylic acids is 1. The monoisotopic (exact) mass is 423 g/mol. The second kappa shape index (κ2) is 9.84. The number of imidazole rings is 1. The van der Waals surface area contributed by atoms with Crippen LogP contribution >= 0.6 is 24.8 Å². The lowest BCUT2D eigenvalue weighted by atomic mass is 10.0. The fourth-order valence-electron chi connectivity index (χ4n) is 3.27. The number of aliphatic hydroxyl groups is 1. The van der Waals surface area contributed by atoms with E-state index < -0.39 is 6.10 Å². The molecule has 0 radical (unpaired) electrons. The fourth-order valence-corrected chi connectivity index (χ4v) is 3.27. The molecule has 9 heteroatoms. The second-order valence-electron chi connectivity index (χ2n) is 6.64. The molecule has 1 fully saturated rings. The molecule has 28 heavy (non-hydrogen) atoms. The number of fused-ring (bicyclic) bond motifs is 1. The Morgan fingerprint density at radius 1 is 1.21 bits per heavy atom. The summed E-state index contributed by atoms with van der Waals surface area (Å²) in [5, 5.41) is 15.7. The minimum Gasteiger partial charge on any atom is -0.392 e. The summed E-state index contributed by atoms with van der Waals surface area (Å²) >= 11 is 0. The molecule has 0 saturated carbocycles. The van der Waals surface area contributed by atoms with E-state index in [9.17, 15) is 9.90 Å². The Morgan fingerprint density at radius 2 is 2.00 bits per heavy atom. The van der Waals surface area contributed by atoms with Gasteiger partial charge in [0.25, 0.3) is 5.91 Å². The Balaban J connectivity index is 0.00000140.